The molecule has 0 amide bonds. The van der Waals surface area contributed by atoms with Crippen LogP contribution in [0.5, 0.6) is 0 Å². The Hall–Kier alpha value is -12.8. The second-order valence-electron chi connectivity index (χ2n) is 24.7. The van der Waals surface area contributed by atoms with Gasteiger partial charge in [-0.3, -0.25) is 9.13 Å². The van der Waals surface area contributed by atoms with Crippen LogP contribution in [0.4, 0.5) is 0 Å². The monoisotopic (exact) mass is 1230 g/mol. The van der Waals surface area contributed by atoms with E-state index in [2.05, 4.69) is 210 Å². The Morgan fingerprint density at radius 1 is 0.208 bits per heavy atom. The molecule has 0 aliphatic carbocycles. The van der Waals surface area contributed by atoms with Crippen LogP contribution < -0.4 is 0 Å². The summed E-state index contributed by atoms with van der Waals surface area (Å²) in [5.74, 6) is 4.46. The van der Waals surface area contributed by atoms with Crippen LogP contribution in [0.3, 0.4) is 0 Å². The number of aryl methyl sites for hydroxylation is 3. The summed E-state index contributed by atoms with van der Waals surface area (Å²) in [4.78, 5) is 38.9. The maximum atomic E-state index is 6.41. The standard InChI is InChI=1S/C86H58N10/c1-53-41-46-73-66(49-53)62-35-19-22-38-70(62)94(73)78-76(77(56-25-9-4-10-26-56)85(95-71-39-23-20-36-63(71)67-50-54(2)42-47-74(67)95)93-86(78)96-72-40-24-21-37-64(72)68-51-55(3)43-48-75(68)96)61-44-45-65(83-89-79(57-27-11-5-12-28-57)87-80(90-83)58-29-13-6-14-30-58)69(52-61)84-91-81(59-31-15-7-16-32-59)88-82(92-84)60-33-17-8-18-34-60/h4-52H,1-3H3. The molecule has 0 aliphatic rings. The van der Waals surface area contributed by atoms with E-state index >= 15 is 0 Å². The number of nitrogens with zero attached hydrogens (tertiary/aromatic N) is 10. The van der Waals surface area contributed by atoms with Crippen molar-refractivity contribution in [2.75, 3.05) is 0 Å². The molecule has 0 fully saturated rings. The summed E-state index contributed by atoms with van der Waals surface area (Å²) < 4.78 is 7.29. The zero-order chi connectivity index (χ0) is 64.0. The third kappa shape index (κ3) is 9.36. The van der Waals surface area contributed by atoms with Crippen LogP contribution in [0.25, 0.3) is 173 Å². The van der Waals surface area contributed by atoms with Crippen LogP contribution in [-0.2, 0) is 0 Å². The third-order valence-electron chi connectivity index (χ3n) is 18.5. The van der Waals surface area contributed by atoms with Crippen LogP contribution in [-0.4, -0.2) is 48.6 Å². The summed E-state index contributed by atoms with van der Waals surface area (Å²) in [6, 6.07) is 105. The second-order valence-corrected chi connectivity index (χ2v) is 24.7. The lowest BCUT2D eigenvalue weighted by Gasteiger charge is -2.26. The number of benzene rings is 12. The highest BCUT2D eigenvalue weighted by atomic mass is 15.2. The van der Waals surface area contributed by atoms with Gasteiger partial charge in [0.1, 0.15) is 5.82 Å². The SMILES string of the molecule is Cc1ccc2c(c1)c1ccccc1n2-c1nc(-n2c3ccccc3c3cc(C)ccc32)c(-n2c3ccccc3c3cc(C)ccc32)c(-c2ccc(-c3nc(-c4ccccc4)nc(-c4ccccc4)n3)c(-c3nc(-c4ccccc4)nc(-c4ccccc4)n3)c2)c1-c1ccccc1. The van der Waals surface area contributed by atoms with E-state index in [9.17, 15) is 0 Å². The van der Waals surface area contributed by atoms with Gasteiger partial charge in [-0.15, -0.1) is 0 Å². The predicted octanol–water partition coefficient (Wildman–Crippen LogP) is 21.0. The highest BCUT2D eigenvalue weighted by Gasteiger charge is 2.32. The number of fused-ring (bicyclic) bond motifs is 9. The quantitative estimate of drug-likeness (QED) is 0.127. The zero-order valence-corrected chi connectivity index (χ0v) is 52.8. The van der Waals surface area contributed by atoms with E-state index in [0.717, 1.165) is 133 Å². The Bertz CT molecular complexity index is 5980. The van der Waals surface area contributed by atoms with Gasteiger partial charge in [-0.2, -0.15) is 0 Å². The van der Waals surface area contributed by atoms with Crippen molar-refractivity contribution < 1.29 is 0 Å². The molecule has 0 saturated carbocycles. The molecule has 6 aromatic heterocycles. The lowest BCUT2D eigenvalue weighted by atomic mass is 9.90. The maximum absolute atomic E-state index is 6.41. The van der Waals surface area contributed by atoms with Crippen LogP contribution in [0.2, 0.25) is 0 Å². The Balaban J connectivity index is 1.07. The van der Waals surface area contributed by atoms with Crippen LogP contribution in [0.15, 0.2) is 297 Å². The summed E-state index contributed by atoms with van der Waals surface area (Å²) >= 11 is 0. The molecule has 10 nitrogen and oxygen atoms in total. The van der Waals surface area contributed by atoms with E-state index in [-0.39, 0.29) is 0 Å². The lowest BCUT2D eigenvalue weighted by Crippen LogP contribution is -2.13. The van der Waals surface area contributed by atoms with Crippen LogP contribution in [0.1, 0.15) is 16.7 Å². The molecule has 452 valence electrons. The number of aromatic nitrogens is 10. The van der Waals surface area contributed by atoms with Crippen LogP contribution in [0, 0.1) is 20.8 Å². The fourth-order valence-electron chi connectivity index (χ4n) is 14.1. The number of para-hydroxylation sites is 3. The van der Waals surface area contributed by atoms with Crippen molar-refractivity contribution in [3.8, 4) is 108 Å². The minimum Gasteiger partial charge on any atom is -0.305 e. The van der Waals surface area contributed by atoms with E-state index in [4.69, 9.17) is 34.9 Å². The summed E-state index contributed by atoms with van der Waals surface area (Å²) in [6.45, 7) is 6.52. The van der Waals surface area contributed by atoms with Gasteiger partial charge in [0, 0.05) is 76.8 Å². The fraction of sp³-hybridized carbons (Fsp3) is 0.0349. The molecule has 0 unspecified atom stereocenters. The lowest BCUT2D eigenvalue weighted by molar-refractivity contribution is 0.986. The minimum atomic E-state index is 0.433. The highest BCUT2D eigenvalue weighted by Crippen LogP contribution is 2.50. The molecule has 0 spiro atoms. The molecule has 0 aliphatic heterocycles. The van der Waals surface area contributed by atoms with Gasteiger partial charge in [-0.25, -0.2) is 34.9 Å². The largest absolute Gasteiger partial charge is 0.305 e. The molecular formula is C86H58N10. The smallest absolute Gasteiger partial charge is 0.165 e. The van der Waals surface area contributed by atoms with Crippen molar-refractivity contribution in [3.63, 3.8) is 0 Å². The number of hydrogen-bond donors (Lipinski definition) is 0. The Labute approximate surface area is 553 Å². The molecule has 6 heterocycles. The van der Waals surface area contributed by atoms with Crippen molar-refractivity contribution in [3.05, 3.63) is 314 Å². The van der Waals surface area contributed by atoms with Gasteiger partial charge >= 0.3 is 0 Å². The molecule has 12 aromatic carbocycles. The average Bonchev–Trinajstić information content (AvgIpc) is 1.46. The van der Waals surface area contributed by atoms with Gasteiger partial charge in [-0.1, -0.05) is 247 Å². The van der Waals surface area contributed by atoms with Gasteiger partial charge < -0.3 is 4.57 Å². The van der Waals surface area contributed by atoms with Crippen molar-refractivity contribution >= 4 is 65.4 Å². The first-order chi connectivity index (χ1) is 47.3. The number of pyridine rings is 1. The Morgan fingerprint density at radius 2 is 0.531 bits per heavy atom. The summed E-state index contributed by atoms with van der Waals surface area (Å²) in [5.41, 5.74) is 18.9. The normalized spacial score (nSPS) is 11.7. The van der Waals surface area contributed by atoms with E-state index in [1.165, 1.54) is 11.1 Å². The van der Waals surface area contributed by atoms with Gasteiger partial charge in [0.2, 0.25) is 0 Å². The van der Waals surface area contributed by atoms with Gasteiger partial charge in [0.05, 0.1) is 38.8 Å². The van der Waals surface area contributed by atoms with Crippen molar-refractivity contribution in [1.82, 2.24) is 48.6 Å². The Morgan fingerprint density at radius 3 is 0.948 bits per heavy atom. The first kappa shape index (κ1) is 56.0. The highest BCUT2D eigenvalue weighted by molar-refractivity contribution is 6.15. The summed E-state index contributed by atoms with van der Waals surface area (Å²) in [6.07, 6.45) is 0. The van der Waals surface area contributed by atoms with E-state index < -0.39 is 0 Å². The molecule has 0 bridgehead atoms. The summed E-state index contributed by atoms with van der Waals surface area (Å²) in [5, 5.41) is 6.76. The van der Waals surface area contributed by atoms with Gasteiger partial charge in [0.15, 0.2) is 40.8 Å². The van der Waals surface area contributed by atoms with Crippen molar-refractivity contribution in [2.45, 2.75) is 20.8 Å². The molecule has 18 aromatic rings. The first-order valence-corrected chi connectivity index (χ1v) is 32.4. The molecular weight excluding hydrogens is 1170 g/mol. The maximum Gasteiger partial charge on any atom is 0.165 e. The first-order valence-electron chi connectivity index (χ1n) is 32.4. The topological polar surface area (TPSA) is 105 Å². The second kappa shape index (κ2) is 22.8. The molecule has 10 heteroatoms. The third-order valence-corrected chi connectivity index (χ3v) is 18.5. The molecule has 96 heavy (non-hydrogen) atoms. The van der Waals surface area contributed by atoms with Gasteiger partial charge in [-0.05, 0) is 98.6 Å². The van der Waals surface area contributed by atoms with E-state index in [1.54, 1.807) is 0 Å². The summed E-state index contributed by atoms with van der Waals surface area (Å²) in [7, 11) is 0. The van der Waals surface area contributed by atoms with Crippen molar-refractivity contribution in [1.29, 1.82) is 0 Å². The Kier molecular flexibility index (Phi) is 13.3. The molecule has 0 atom stereocenters. The molecule has 18 rings (SSSR count). The minimum absolute atomic E-state index is 0.433. The molecule has 0 N–H and O–H groups in total. The average molecular weight is 1230 g/mol. The fourth-order valence-corrected chi connectivity index (χ4v) is 14.1. The molecule has 0 radical (unpaired) electrons. The van der Waals surface area contributed by atoms with Gasteiger partial charge in [0.25, 0.3) is 0 Å². The van der Waals surface area contributed by atoms with Crippen molar-refractivity contribution in [2.24, 2.45) is 0 Å². The van der Waals surface area contributed by atoms with Crippen LogP contribution >= 0.6 is 0 Å². The number of rotatable bonds is 11. The van der Waals surface area contributed by atoms with E-state index in [1.807, 2.05) is 121 Å². The van der Waals surface area contributed by atoms with E-state index in [0.29, 0.717) is 46.1 Å². The number of hydrogen-bond acceptors (Lipinski definition) is 7. The predicted molar refractivity (Wildman–Crippen MR) is 392 cm³/mol. The zero-order valence-electron chi connectivity index (χ0n) is 52.8. The molecule has 0 saturated heterocycles.